The fraction of sp³-hybridized carbons (Fsp3) is 0.923. The molecule has 3 N–H and O–H groups in total. The van der Waals surface area contributed by atoms with Gasteiger partial charge in [-0.15, -0.1) is 0 Å². The molecule has 0 saturated heterocycles. The van der Waals surface area contributed by atoms with E-state index in [1.165, 1.54) is 6.42 Å². The smallest absolute Gasteiger partial charge is 0.242 e. The van der Waals surface area contributed by atoms with E-state index in [0.717, 1.165) is 45.1 Å². The lowest BCUT2D eigenvalue weighted by molar-refractivity contribution is -0.138. The van der Waals surface area contributed by atoms with Crippen molar-refractivity contribution in [1.82, 2.24) is 4.90 Å². The molecule has 98 valence electrons. The minimum atomic E-state index is -0.616. The molecule has 0 aliphatic heterocycles. The first-order valence-electron chi connectivity index (χ1n) is 6.74. The van der Waals surface area contributed by atoms with E-state index in [9.17, 15) is 9.90 Å². The van der Waals surface area contributed by atoms with Crippen LogP contribution in [0.5, 0.6) is 0 Å². The Kier molecular flexibility index (Phi) is 3.73. The summed E-state index contributed by atoms with van der Waals surface area (Å²) in [4.78, 5) is 14.1. The predicted molar refractivity (Wildman–Crippen MR) is 66.4 cm³/mol. The highest BCUT2D eigenvalue weighted by atomic mass is 16.3. The number of hydrogen-bond donors (Lipinski definition) is 2. The molecule has 0 unspecified atom stereocenters. The van der Waals surface area contributed by atoms with Crippen molar-refractivity contribution >= 4 is 5.91 Å². The number of rotatable bonds is 3. The van der Waals surface area contributed by atoms with Gasteiger partial charge >= 0.3 is 0 Å². The van der Waals surface area contributed by atoms with Crippen LogP contribution < -0.4 is 5.73 Å². The van der Waals surface area contributed by atoms with Gasteiger partial charge in [-0.05, 0) is 31.6 Å². The third-order valence-electron chi connectivity index (χ3n) is 4.26. The highest BCUT2D eigenvalue weighted by molar-refractivity contribution is 5.86. The molecular formula is C13H24N2O2. The second kappa shape index (κ2) is 4.94. The van der Waals surface area contributed by atoms with Gasteiger partial charge in [-0.3, -0.25) is 4.79 Å². The summed E-state index contributed by atoms with van der Waals surface area (Å²) in [6.45, 7) is 0.745. The van der Waals surface area contributed by atoms with Crippen molar-refractivity contribution in [3.63, 3.8) is 0 Å². The lowest BCUT2D eigenvalue weighted by atomic mass is 9.80. The van der Waals surface area contributed by atoms with E-state index in [1.807, 2.05) is 7.05 Å². The first kappa shape index (κ1) is 12.8. The van der Waals surface area contributed by atoms with Gasteiger partial charge in [0.25, 0.3) is 0 Å². The number of carbonyl (C=O) groups excluding carboxylic acids is 1. The van der Waals surface area contributed by atoms with E-state index in [0.29, 0.717) is 5.92 Å². The van der Waals surface area contributed by atoms with E-state index in [2.05, 4.69) is 0 Å². The summed E-state index contributed by atoms with van der Waals surface area (Å²) in [7, 11) is 1.84. The van der Waals surface area contributed by atoms with Crippen molar-refractivity contribution in [3.8, 4) is 0 Å². The maximum Gasteiger partial charge on any atom is 0.242 e. The number of carbonyl (C=O) groups is 1. The fourth-order valence-electron chi connectivity index (χ4n) is 3.10. The Morgan fingerprint density at radius 1 is 1.35 bits per heavy atom. The van der Waals surface area contributed by atoms with Crippen molar-refractivity contribution < 1.29 is 9.90 Å². The first-order valence-corrected chi connectivity index (χ1v) is 6.74. The Morgan fingerprint density at radius 2 is 1.94 bits per heavy atom. The Morgan fingerprint density at radius 3 is 2.47 bits per heavy atom. The average molecular weight is 240 g/mol. The number of amides is 1. The minimum Gasteiger partial charge on any atom is -0.393 e. The van der Waals surface area contributed by atoms with Crippen LogP contribution >= 0.6 is 0 Å². The third-order valence-corrected chi connectivity index (χ3v) is 4.26. The molecule has 0 aromatic carbocycles. The molecule has 17 heavy (non-hydrogen) atoms. The normalized spacial score (nSPS) is 31.7. The molecule has 0 radical (unpaired) electrons. The maximum absolute atomic E-state index is 12.3. The van der Waals surface area contributed by atoms with Gasteiger partial charge in [0.15, 0.2) is 0 Å². The monoisotopic (exact) mass is 240 g/mol. The third kappa shape index (κ3) is 2.80. The van der Waals surface area contributed by atoms with E-state index in [1.54, 1.807) is 4.90 Å². The van der Waals surface area contributed by atoms with Crippen LogP contribution in [0.1, 0.15) is 44.9 Å². The van der Waals surface area contributed by atoms with E-state index in [4.69, 9.17) is 5.73 Å². The Balaban J connectivity index is 1.85. The summed E-state index contributed by atoms with van der Waals surface area (Å²) in [5, 5.41) is 9.24. The van der Waals surface area contributed by atoms with E-state index < -0.39 is 5.54 Å². The molecule has 2 rings (SSSR count). The Hall–Kier alpha value is -0.610. The lowest BCUT2D eigenvalue weighted by Crippen LogP contribution is -2.56. The molecule has 0 heterocycles. The highest BCUT2D eigenvalue weighted by Crippen LogP contribution is 2.30. The number of likely N-dealkylation sites (N-methyl/N-ethyl adjacent to an activating group) is 1. The van der Waals surface area contributed by atoms with Crippen molar-refractivity contribution in [2.24, 2.45) is 11.7 Å². The number of aliphatic hydroxyl groups is 1. The molecule has 4 nitrogen and oxygen atoms in total. The number of nitrogens with two attached hydrogens (primary N) is 1. The van der Waals surface area contributed by atoms with Gasteiger partial charge in [-0.2, -0.15) is 0 Å². The van der Waals surface area contributed by atoms with Gasteiger partial charge in [0, 0.05) is 13.6 Å². The van der Waals surface area contributed by atoms with Gasteiger partial charge in [-0.1, -0.05) is 19.3 Å². The summed E-state index contributed by atoms with van der Waals surface area (Å²) in [5.41, 5.74) is 5.61. The SMILES string of the molecule is CN(CC1CC(O)C1)C(=O)C1(N)CCCCC1. The van der Waals surface area contributed by atoms with Crippen LogP contribution in [0.4, 0.5) is 0 Å². The second-order valence-electron chi connectivity index (χ2n) is 5.89. The second-order valence-corrected chi connectivity index (χ2v) is 5.89. The van der Waals surface area contributed by atoms with Crippen LogP contribution in [0.15, 0.2) is 0 Å². The molecule has 0 bridgehead atoms. The van der Waals surface area contributed by atoms with Crippen LogP contribution in [0.3, 0.4) is 0 Å². The number of nitrogens with zero attached hydrogens (tertiary/aromatic N) is 1. The van der Waals surface area contributed by atoms with Gasteiger partial charge in [0.05, 0.1) is 11.6 Å². The van der Waals surface area contributed by atoms with Crippen LogP contribution in [0.25, 0.3) is 0 Å². The highest BCUT2D eigenvalue weighted by Gasteiger charge is 2.38. The van der Waals surface area contributed by atoms with Crippen molar-refractivity contribution in [2.45, 2.75) is 56.6 Å². The average Bonchev–Trinajstić information content (AvgIpc) is 2.27. The number of aliphatic hydroxyl groups excluding tert-OH is 1. The Bertz CT molecular complexity index is 281. The fourth-order valence-corrected chi connectivity index (χ4v) is 3.10. The molecule has 4 heteroatoms. The van der Waals surface area contributed by atoms with Gasteiger partial charge in [-0.25, -0.2) is 0 Å². The number of hydrogen-bond acceptors (Lipinski definition) is 3. The lowest BCUT2D eigenvalue weighted by Gasteiger charge is -2.39. The van der Waals surface area contributed by atoms with Crippen LogP contribution in [-0.2, 0) is 4.79 Å². The quantitative estimate of drug-likeness (QED) is 0.769. The minimum absolute atomic E-state index is 0.0959. The van der Waals surface area contributed by atoms with Gasteiger partial charge in [0.2, 0.25) is 5.91 Å². The zero-order chi connectivity index (χ0) is 12.5. The zero-order valence-electron chi connectivity index (χ0n) is 10.7. The molecule has 2 aliphatic rings. The molecule has 2 aliphatic carbocycles. The van der Waals surface area contributed by atoms with Crippen molar-refractivity contribution in [1.29, 1.82) is 0 Å². The van der Waals surface area contributed by atoms with E-state index >= 15 is 0 Å². The summed E-state index contributed by atoms with van der Waals surface area (Å²) in [5.74, 6) is 0.560. The molecule has 0 spiro atoms. The molecule has 0 atom stereocenters. The zero-order valence-corrected chi connectivity index (χ0v) is 10.7. The molecule has 2 fully saturated rings. The standard InChI is InChI=1S/C13H24N2O2/c1-15(9-10-7-11(16)8-10)12(17)13(14)5-3-2-4-6-13/h10-11,16H,2-9,14H2,1H3. The summed E-state index contributed by atoms with van der Waals surface area (Å²) < 4.78 is 0. The van der Waals surface area contributed by atoms with Crippen molar-refractivity contribution in [3.05, 3.63) is 0 Å². The van der Waals surface area contributed by atoms with Crippen LogP contribution in [0.2, 0.25) is 0 Å². The van der Waals surface area contributed by atoms with Gasteiger partial charge < -0.3 is 15.7 Å². The topological polar surface area (TPSA) is 66.6 Å². The molecule has 0 aromatic heterocycles. The van der Waals surface area contributed by atoms with Crippen LogP contribution in [0, 0.1) is 5.92 Å². The molecule has 2 saturated carbocycles. The summed E-state index contributed by atoms with van der Waals surface area (Å²) in [6, 6.07) is 0. The first-order chi connectivity index (χ1) is 8.01. The molecule has 0 aromatic rings. The maximum atomic E-state index is 12.3. The summed E-state index contributed by atoms with van der Waals surface area (Å²) >= 11 is 0. The molecular weight excluding hydrogens is 216 g/mol. The predicted octanol–water partition coefficient (Wildman–Crippen LogP) is 0.877. The van der Waals surface area contributed by atoms with E-state index in [-0.39, 0.29) is 12.0 Å². The van der Waals surface area contributed by atoms with Gasteiger partial charge in [0.1, 0.15) is 0 Å². The van der Waals surface area contributed by atoms with Crippen molar-refractivity contribution in [2.75, 3.05) is 13.6 Å². The Labute approximate surface area is 103 Å². The largest absolute Gasteiger partial charge is 0.393 e. The van der Waals surface area contributed by atoms with Crippen LogP contribution in [-0.4, -0.2) is 41.1 Å². The summed E-state index contributed by atoms with van der Waals surface area (Å²) in [6.07, 6.45) is 6.49. The molecule has 1 amide bonds.